The number of fused-ring (bicyclic) bond motifs is 1. The minimum atomic E-state index is -0.632. The van der Waals surface area contributed by atoms with Gasteiger partial charge in [0.15, 0.2) is 5.82 Å². The van der Waals surface area contributed by atoms with Crippen molar-refractivity contribution in [2.45, 2.75) is 0 Å². The Hall–Kier alpha value is -2.80. The number of rotatable bonds is 4. The molecular weight excluding hydrogens is 323 g/mol. The van der Waals surface area contributed by atoms with Crippen molar-refractivity contribution in [3.05, 3.63) is 53.1 Å². The van der Waals surface area contributed by atoms with Crippen molar-refractivity contribution in [2.24, 2.45) is 0 Å². The van der Waals surface area contributed by atoms with E-state index in [0.717, 1.165) is 17.0 Å². The highest BCUT2D eigenvalue weighted by atomic mass is 35.5. The first-order valence-electron chi connectivity index (χ1n) is 6.61. The van der Waals surface area contributed by atoms with E-state index in [1.165, 1.54) is 13.3 Å². The quantitative estimate of drug-likeness (QED) is 0.640. The number of pyridine rings is 1. The fourth-order valence-electron chi connectivity index (χ4n) is 2.07. The molecule has 118 valence electrons. The largest absolute Gasteiger partial charge is 0.479 e. The van der Waals surface area contributed by atoms with Gasteiger partial charge in [0.2, 0.25) is 5.88 Å². The minimum Gasteiger partial charge on any atom is -0.479 e. The summed E-state index contributed by atoms with van der Waals surface area (Å²) in [5.41, 5.74) is 6.46. The number of hydrazine groups is 1. The number of aromatic nitrogens is 2. The van der Waals surface area contributed by atoms with E-state index < -0.39 is 11.7 Å². The number of hydrogen-bond acceptors (Lipinski definition) is 4. The van der Waals surface area contributed by atoms with Gasteiger partial charge in [-0.2, -0.15) is 0 Å². The summed E-state index contributed by atoms with van der Waals surface area (Å²) in [4.78, 5) is 18.8. The van der Waals surface area contributed by atoms with E-state index in [-0.39, 0.29) is 11.6 Å². The average molecular weight is 335 g/mol. The molecule has 0 aliphatic carbocycles. The second-order valence-corrected chi connectivity index (χ2v) is 5.15. The van der Waals surface area contributed by atoms with Crippen molar-refractivity contribution in [1.29, 1.82) is 0 Å². The van der Waals surface area contributed by atoms with Gasteiger partial charge >= 0.3 is 0 Å². The van der Waals surface area contributed by atoms with E-state index in [4.69, 9.17) is 16.3 Å². The molecule has 0 aliphatic heterocycles. The van der Waals surface area contributed by atoms with Gasteiger partial charge in [0.1, 0.15) is 5.69 Å². The van der Waals surface area contributed by atoms with Gasteiger partial charge < -0.3 is 9.72 Å². The van der Waals surface area contributed by atoms with Gasteiger partial charge in [0, 0.05) is 22.0 Å². The van der Waals surface area contributed by atoms with Crippen LogP contribution < -0.4 is 15.6 Å². The number of anilines is 1. The van der Waals surface area contributed by atoms with Crippen molar-refractivity contribution in [2.75, 3.05) is 12.5 Å². The van der Waals surface area contributed by atoms with Gasteiger partial charge in [0.05, 0.1) is 19.0 Å². The molecule has 1 amide bonds. The lowest BCUT2D eigenvalue weighted by atomic mass is 10.2. The number of benzene rings is 1. The summed E-state index contributed by atoms with van der Waals surface area (Å²) in [5, 5.41) is 1.40. The first-order chi connectivity index (χ1) is 11.1. The first kappa shape index (κ1) is 15.1. The number of amides is 1. The minimum absolute atomic E-state index is 0.116. The third-order valence-electron chi connectivity index (χ3n) is 3.15. The van der Waals surface area contributed by atoms with Gasteiger partial charge in [-0.25, -0.2) is 9.37 Å². The second kappa shape index (κ2) is 6.13. The molecule has 3 N–H and O–H groups in total. The Labute approximate surface area is 135 Å². The van der Waals surface area contributed by atoms with Crippen LogP contribution in [0.3, 0.4) is 0 Å². The van der Waals surface area contributed by atoms with Crippen molar-refractivity contribution < 1.29 is 13.9 Å². The Kier molecular flexibility index (Phi) is 4.03. The summed E-state index contributed by atoms with van der Waals surface area (Å²) in [6, 6.07) is 8.10. The van der Waals surface area contributed by atoms with E-state index in [0.29, 0.717) is 10.7 Å². The van der Waals surface area contributed by atoms with E-state index in [1.54, 1.807) is 24.3 Å². The molecule has 6 nitrogen and oxygen atoms in total. The van der Waals surface area contributed by atoms with Gasteiger partial charge in [-0.1, -0.05) is 11.6 Å². The summed E-state index contributed by atoms with van der Waals surface area (Å²) in [6.45, 7) is 0. The Morgan fingerprint density at radius 2 is 2.17 bits per heavy atom. The van der Waals surface area contributed by atoms with E-state index >= 15 is 0 Å². The number of ether oxygens (including phenoxy) is 1. The highest BCUT2D eigenvalue weighted by Gasteiger charge is 2.10. The van der Waals surface area contributed by atoms with Crippen LogP contribution in [-0.4, -0.2) is 23.0 Å². The van der Waals surface area contributed by atoms with Crippen LogP contribution >= 0.6 is 11.6 Å². The molecule has 8 heteroatoms. The molecule has 2 aromatic heterocycles. The number of H-pyrrole nitrogens is 1. The fraction of sp³-hybridized carbons (Fsp3) is 0.0667. The monoisotopic (exact) mass is 334 g/mol. The summed E-state index contributed by atoms with van der Waals surface area (Å²) < 4.78 is 18.2. The Morgan fingerprint density at radius 3 is 2.91 bits per heavy atom. The van der Waals surface area contributed by atoms with E-state index in [2.05, 4.69) is 20.8 Å². The van der Waals surface area contributed by atoms with Gasteiger partial charge in [0.25, 0.3) is 5.91 Å². The molecule has 3 rings (SSSR count). The number of nitrogens with zero attached hydrogens (tertiary/aromatic N) is 1. The Morgan fingerprint density at radius 1 is 1.35 bits per heavy atom. The van der Waals surface area contributed by atoms with Crippen LogP contribution in [-0.2, 0) is 0 Å². The van der Waals surface area contributed by atoms with Crippen molar-refractivity contribution in [1.82, 2.24) is 15.4 Å². The van der Waals surface area contributed by atoms with Crippen LogP contribution in [0.4, 0.5) is 10.1 Å². The Balaban J connectivity index is 1.72. The molecule has 0 aliphatic rings. The van der Waals surface area contributed by atoms with Gasteiger partial charge in [-0.3, -0.25) is 15.6 Å². The molecule has 23 heavy (non-hydrogen) atoms. The molecule has 0 unspecified atom stereocenters. The summed E-state index contributed by atoms with van der Waals surface area (Å²) in [7, 11) is 1.32. The van der Waals surface area contributed by atoms with Crippen molar-refractivity contribution in [3.8, 4) is 5.88 Å². The molecule has 0 atom stereocenters. The zero-order chi connectivity index (χ0) is 16.4. The summed E-state index contributed by atoms with van der Waals surface area (Å²) in [5.74, 6) is -1.16. The molecule has 0 saturated heterocycles. The standard InChI is InChI=1S/C15H12ClFN4O2/c1-23-15-11(17)6-10(7-18-15)20-21-14(22)13-5-8-4-9(16)2-3-12(8)19-13/h2-7,19-20H,1H3,(H,21,22). The van der Waals surface area contributed by atoms with Crippen LogP contribution in [0.25, 0.3) is 10.9 Å². The number of methoxy groups -OCH3 is 1. The van der Waals surface area contributed by atoms with Crippen LogP contribution in [0.1, 0.15) is 10.5 Å². The average Bonchev–Trinajstić information content (AvgIpc) is 2.95. The highest BCUT2D eigenvalue weighted by Crippen LogP contribution is 2.20. The summed E-state index contributed by atoms with van der Waals surface area (Å²) in [6.07, 6.45) is 1.34. The topological polar surface area (TPSA) is 79.0 Å². The van der Waals surface area contributed by atoms with E-state index in [1.807, 2.05) is 0 Å². The maximum Gasteiger partial charge on any atom is 0.286 e. The fourth-order valence-corrected chi connectivity index (χ4v) is 2.25. The molecule has 3 aromatic rings. The van der Waals surface area contributed by atoms with E-state index in [9.17, 15) is 9.18 Å². The molecular formula is C15H12ClFN4O2. The smallest absolute Gasteiger partial charge is 0.286 e. The molecule has 0 saturated carbocycles. The SMILES string of the molecule is COc1ncc(NNC(=O)c2cc3cc(Cl)ccc3[nH]2)cc1F. The predicted molar refractivity (Wildman–Crippen MR) is 85.1 cm³/mol. The molecule has 1 aromatic carbocycles. The zero-order valence-corrected chi connectivity index (χ0v) is 12.7. The predicted octanol–water partition coefficient (Wildman–Crippen LogP) is 3.12. The van der Waals surface area contributed by atoms with Crippen molar-refractivity contribution >= 4 is 34.1 Å². The number of carbonyl (C=O) groups excluding carboxylic acids is 1. The normalized spacial score (nSPS) is 10.6. The lowest BCUT2D eigenvalue weighted by Crippen LogP contribution is -2.29. The van der Waals surface area contributed by atoms with Gasteiger partial charge in [-0.15, -0.1) is 0 Å². The number of carbonyl (C=O) groups is 1. The molecule has 0 radical (unpaired) electrons. The zero-order valence-electron chi connectivity index (χ0n) is 12.0. The van der Waals surface area contributed by atoms with Crippen LogP contribution in [0.15, 0.2) is 36.5 Å². The highest BCUT2D eigenvalue weighted by molar-refractivity contribution is 6.31. The number of halogens is 2. The molecule has 0 fully saturated rings. The number of nitrogens with one attached hydrogen (secondary N) is 3. The number of hydrogen-bond donors (Lipinski definition) is 3. The summed E-state index contributed by atoms with van der Waals surface area (Å²) >= 11 is 5.91. The molecule has 0 bridgehead atoms. The second-order valence-electron chi connectivity index (χ2n) is 4.71. The maximum atomic E-state index is 13.5. The first-order valence-corrected chi connectivity index (χ1v) is 6.99. The van der Waals surface area contributed by atoms with Crippen LogP contribution in [0, 0.1) is 5.82 Å². The lowest BCUT2D eigenvalue weighted by molar-refractivity contribution is 0.0958. The van der Waals surface area contributed by atoms with Crippen LogP contribution in [0.2, 0.25) is 5.02 Å². The lowest BCUT2D eigenvalue weighted by Gasteiger charge is -2.08. The van der Waals surface area contributed by atoms with Crippen molar-refractivity contribution in [3.63, 3.8) is 0 Å². The van der Waals surface area contributed by atoms with Gasteiger partial charge in [-0.05, 0) is 24.3 Å². The molecule has 0 spiro atoms. The van der Waals surface area contributed by atoms with Crippen LogP contribution in [0.5, 0.6) is 5.88 Å². The number of aromatic amines is 1. The molecule has 2 heterocycles. The Bertz CT molecular complexity index is 881. The maximum absolute atomic E-state index is 13.5. The third-order valence-corrected chi connectivity index (χ3v) is 3.38. The third kappa shape index (κ3) is 3.19.